The quantitative estimate of drug-likeness (QED) is 0.419. The summed E-state index contributed by atoms with van der Waals surface area (Å²) in [5.41, 5.74) is 0.335. The molecule has 2 aliphatic heterocycles. The molecular weight excluding hydrogens is 416 g/mol. The molecule has 0 radical (unpaired) electrons. The standard InChI is InChI=1S/C14H12N4O6S3/c1-26(20,21)14-17-25-13-16-12(19)10(11(15)18(13)14)7-8-3-5-9(6-4-8)24-27(2,22)23/h3-7,15H,1-2H3. The maximum absolute atomic E-state index is 12.2. The van der Waals surface area contributed by atoms with E-state index in [0.29, 0.717) is 17.5 Å². The molecule has 1 aromatic rings. The summed E-state index contributed by atoms with van der Waals surface area (Å²) in [6.07, 6.45) is 3.20. The van der Waals surface area contributed by atoms with E-state index >= 15 is 0 Å². The lowest BCUT2D eigenvalue weighted by Crippen LogP contribution is -2.45. The average molecular weight is 428 g/mol. The first-order valence-corrected chi connectivity index (χ1v) is 11.6. The normalized spacial score (nSPS) is 19.0. The van der Waals surface area contributed by atoms with Gasteiger partial charge in [-0.3, -0.25) is 10.2 Å². The summed E-state index contributed by atoms with van der Waals surface area (Å²) in [6.45, 7) is 0. The van der Waals surface area contributed by atoms with Crippen LogP contribution in [0.25, 0.3) is 6.08 Å². The highest BCUT2D eigenvalue weighted by Crippen LogP contribution is 2.29. The van der Waals surface area contributed by atoms with Gasteiger partial charge in [0.05, 0.1) is 23.8 Å². The highest BCUT2D eigenvalue weighted by molar-refractivity contribution is 8.16. The van der Waals surface area contributed by atoms with Gasteiger partial charge in [0, 0.05) is 6.26 Å². The Kier molecular flexibility index (Phi) is 4.69. The molecule has 3 rings (SSSR count). The van der Waals surface area contributed by atoms with Gasteiger partial charge < -0.3 is 4.18 Å². The second-order valence-corrected chi connectivity index (χ2v) is 9.75. The van der Waals surface area contributed by atoms with Crippen molar-refractivity contribution in [1.29, 1.82) is 5.41 Å². The van der Waals surface area contributed by atoms with Crippen molar-refractivity contribution < 1.29 is 25.8 Å². The van der Waals surface area contributed by atoms with Gasteiger partial charge in [-0.05, 0) is 23.8 Å². The molecule has 0 saturated carbocycles. The van der Waals surface area contributed by atoms with Gasteiger partial charge in [0.2, 0.25) is 20.2 Å². The van der Waals surface area contributed by atoms with Crippen LogP contribution < -0.4 is 4.18 Å². The van der Waals surface area contributed by atoms with Gasteiger partial charge in [0.1, 0.15) is 11.6 Å². The first kappa shape index (κ1) is 19.3. The molecule has 1 N–H and O–H groups in total. The number of carbonyl (C=O) groups excluding carboxylic acids is 1. The minimum atomic E-state index is -3.72. The summed E-state index contributed by atoms with van der Waals surface area (Å²) in [4.78, 5) is 17.0. The number of carbonyl (C=O) groups is 1. The minimum Gasteiger partial charge on any atom is -0.383 e. The molecule has 0 bridgehead atoms. The third kappa shape index (κ3) is 4.09. The fourth-order valence-corrected chi connectivity index (χ4v) is 4.50. The molecular formula is C14H12N4O6S3. The monoisotopic (exact) mass is 428 g/mol. The summed E-state index contributed by atoms with van der Waals surface area (Å²) in [6, 6.07) is 5.73. The number of rotatable bonds is 3. The smallest absolute Gasteiger partial charge is 0.306 e. The average Bonchev–Trinajstić information content (AvgIpc) is 2.95. The molecule has 0 atom stereocenters. The number of amides is 1. The van der Waals surface area contributed by atoms with Crippen LogP contribution in [0.4, 0.5) is 0 Å². The Hall–Kier alpha value is -2.51. The van der Waals surface area contributed by atoms with Crippen molar-refractivity contribution >= 4 is 60.1 Å². The van der Waals surface area contributed by atoms with Gasteiger partial charge in [-0.1, -0.05) is 12.1 Å². The Morgan fingerprint density at radius 2 is 1.78 bits per heavy atom. The predicted molar refractivity (Wildman–Crippen MR) is 102 cm³/mol. The Balaban J connectivity index is 1.94. The Labute approximate surface area is 159 Å². The van der Waals surface area contributed by atoms with Crippen LogP contribution in [0.2, 0.25) is 0 Å². The molecule has 1 amide bonds. The van der Waals surface area contributed by atoms with Gasteiger partial charge in [0.25, 0.3) is 5.91 Å². The predicted octanol–water partition coefficient (Wildman–Crippen LogP) is 0.646. The molecule has 0 aliphatic carbocycles. The maximum atomic E-state index is 12.2. The van der Waals surface area contributed by atoms with Crippen molar-refractivity contribution in [3.05, 3.63) is 35.4 Å². The molecule has 1 aromatic carbocycles. The lowest BCUT2D eigenvalue weighted by Gasteiger charge is -2.23. The summed E-state index contributed by atoms with van der Waals surface area (Å²) < 4.78 is 54.4. The largest absolute Gasteiger partial charge is 0.383 e. The second-order valence-electron chi connectivity index (χ2n) is 5.54. The Bertz CT molecular complexity index is 1150. The van der Waals surface area contributed by atoms with Crippen LogP contribution in [-0.4, -0.2) is 56.3 Å². The van der Waals surface area contributed by atoms with Crippen LogP contribution >= 0.6 is 11.9 Å². The van der Waals surface area contributed by atoms with Crippen molar-refractivity contribution in [2.45, 2.75) is 0 Å². The number of nitrogens with one attached hydrogen (secondary N) is 1. The number of aliphatic imine (C=N–C) groups is 1. The van der Waals surface area contributed by atoms with E-state index in [1.807, 2.05) is 0 Å². The van der Waals surface area contributed by atoms with Crippen molar-refractivity contribution in [2.75, 3.05) is 12.5 Å². The van der Waals surface area contributed by atoms with Crippen molar-refractivity contribution in [3.8, 4) is 5.75 Å². The topological polar surface area (TPSA) is 146 Å². The van der Waals surface area contributed by atoms with E-state index in [0.717, 1.165) is 17.4 Å². The van der Waals surface area contributed by atoms with Gasteiger partial charge in [0.15, 0.2) is 0 Å². The van der Waals surface area contributed by atoms with E-state index in [4.69, 9.17) is 9.59 Å². The lowest BCUT2D eigenvalue weighted by molar-refractivity contribution is -0.114. The number of nitrogens with zero attached hydrogens (tertiary/aromatic N) is 3. The van der Waals surface area contributed by atoms with Crippen molar-refractivity contribution in [1.82, 2.24) is 4.90 Å². The third-order valence-electron chi connectivity index (χ3n) is 3.26. The summed E-state index contributed by atoms with van der Waals surface area (Å²) in [5, 5.41) is 7.85. The van der Waals surface area contributed by atoms with Crippen molar-refractivity contribution in [2.24, 2.45) is 9.39 Å². The SMILES string of the molecule is CS(=O)(=O)Oc1ccc(C=C2C(=N)N3C(=NC2=O)SN=C3S(C)(=O)=O)cc1. The highest BCUT2D eigenvalue weighted by Gasteiger charge is 2.41. The van der Waals surface area contributed by atoms with Crippen LogP contribution in [0.5, 0.6) is 5.75 Å². The molecule has 2 aliphatic rings. The number of benzene rings is 1. The Morgan fingerprint density at radius 3 is 2.33 bits per heavy atom. The highest BCUT2D eigenvalue weighted by atomic mass is 32.2. The lowest BCUT2D eigenvalue weighted by atomic mass is 10.1. The molecule has 142 valence electrons. The van der Waals surface area contributed by atoms with E-state index in [1.165, 1.54) is 30.3 Å². The zero-order chi connectivity index (χ0) is 20.0. The fourth-order valence-electron chi connectivity index (χ4n) is 2.20. The van der Waals surface area contributed by atoms with Crippen molar-refractivity contribution in [3.63, 3.8) is 0 Å². The van der Waals surface area contributed by atoms with E-state index in [1.54, 1.807) is 0 Å². The first-order chi connectivity index (χ1) is 12.5. The number of fused-ring (bicyclic) bond motifs is 1. The molecule has 0 aromatic heterocycles. The molecule has 0 saturated heterocycles. The molecule has 27 heavy (non-hydrogen) atoms. The Morgan fingerprint density at radius 1 is 1.15 bits per heavy atom. The zero-order valence-corrected chi connectivity index (χ0v) is 16.4. The maximum Gasteiger partial charge on any atom is 0.306 e. The number of hydrogen-bond donors (Lipinski definition) is 1. The summed E-state index contributed by atoms with van der Waals surface area (Å²) in [5.74, 6) is -0.983. The molecule has 13 heteroatoms. The van der Waals surface area contributed by atoms with Gasteiger partial charge in [-0.15, -0.1) is 0 Å². The molecule has 0 fully saturated rings. The second kappa shape index (κ2) is 6.58. The number of sulfone groups is 1. The van der Waals surface area contributed by atoms with Crippen LogP contribution in [-0.2, 0) is 24.7 Å². The van der Waals surface area contributed by atoms with Crippen LogP contribution in [0.3, 0.4) is 0 Å². The van der Waals surface area contributed by atoms with E-state index in [2.05, 4.69) is 9.39 Å². The van der Waals surface area contributed by atoms with Crippen LogP contribution in [0.15, 0.2) is 39.2 Å². The van der Waals surface area contributed by atoms with E-state index < -0.39 is 25.9 Å². The summed E-state index contributed by atoms with van der Waals surface area (Å²) in [7, 11) is -7.39. The molecule has 0 unspecified atom stereocenters. The van der Waals surface area contributed by atoms with Crippen LogP contribution in [0, 0.1) is 5.41 Å². The fraction of sp³-hybridized carbons (Fsp3) is 0.143. The van der Waals surface area contributed by atoms with Gasteiger partial charge in [-0.2, -0.15) is 17.8 Å². The van der Waals surface area contributed by atoms with E-state index in [-0.39, 0.29) is 27.5 Å². The molecule has 0 spiro atoms. The van der Waals surface area contributed by atoms with E-state index in [9.17, 15) is 21.6 Å². The summed E-state index contributed by atoms with van der Waals surface area (Å²) >= 11 is 0.707. The van der Waals surface area contributed by atoms with Gasteiger partial charge in [-0.25, -0.2) is 13.3 Å². The molecule has 2 heterocycles. The zero-order valence-electron chi connectivity index (χ0n) is 13.9. The van der Waals surface area contributed by atoms with Gasteiger partial charge >= 0.3 is 10.1 Å². The third-order valence-corrected chi connectivity index (χ3v) is 5.51. The number of amidine groups is 3. The first-order valence-electron chi connectivity index (χ1n) is 7.14. The molecule has 10 nitrogen and oxygen atoms in total. The number of hydrogen-bond acceptors (Lipinski definition) is 9. The minimum absolute atomic E-state index is 0.000486. The van der Waals surface area contributed by atoms with Crippen LogP contribution in [0.1, 0.15) is 5.56 Å².